The molecule has 1 aromatic rings. The molecule has 4 nitrogen and oxygen atoms in total. The van der Waals surface area contributed by atoms with E-state index in [1.54, 1.807) is 0 Å². The van der Waals surface area contributed by atoms with Crippen LogP contribution < -0.4 is 5.32 Å². The predicted octanol–water partition coefficient (Wildman–Crippen LogP) is 2.61. The minimum atomic E-state index is -0.878. The molecule has 0 bridgehead atoms. The second kappa shape index (κ2) is 6.00. The third-order valence-electron chi connectivity index (χ3n) is 2.31. The van der Waals surface area contributed by atoms with Crippen molar-refractivity contribution >= 4 is 23.2 Å². The molecular formula is C13H19NO3S. The third-order valence-corrected chi connectivity index (χ3v) is 3.35. The number of nitrogens with one attached hydrogen (secondary N) is 1. The Morgan fingerprint density at radius 3 is 2.50 bits per heavy atom. The number of carbonyl (C=O) groups is 2. The van der Waals surface area contributed by atoms with E-state index in [4.69, 9.17) is 5.11 Å². The summed E-state index contributed by atoms with van der Waals surface area (Å²) in [5.41, 5.74) is -0.291. The number of carbonyl (C=O) groups excluding carboxylic acids is 1. The van der Waals surface area contributed by atoms with Gasteiger partial charge in [0.1, 0.15) is 0 Å². The predicted molar refractivity (Wildman–Crippen MR) is 71.8 cm³/mol. The Hall–Kier alpha value is -1.36. The SMILES string of the molecule is CC(C)(C)NC(=O)CC(CC(=O)O)c1cccs1. The van der Waals surface area contributed by atoms with Gasteiger partial charge >= 0.3 is 5.97 Å². The first-order valence-electron chi connectivity index (χ1n) is 5.84. The van der Waals surface area contributed by atoms with Crippen molar-refractivity contribution in [2.75, 3.05) is 0 Å². The maximum absolute atomic E-state index is 11.8. The maximum atomic E-state index is 11.8. The lowest BCUT2D eigenvalue weighted by molar-refractivity contribution is -0.137. The van der Waals surface area contributed by atoms with Crippen LogP contribution in [0.3, 0.4) is 0 Å². The quantitative estimate of drug-likeness (QED) is 0.863. The average Bonchev–Trinajstić information content (AvgIpc) is 2.64. The van der Waals surface area contributed by atoms with Crippen LogP contribution in [0.1, 0.15) is 44.4 Å². The summed E-state index contributed by atoms with van der Waals surface area (Å²) in [5, 5.41) is 13.7. The fraction of sp³-hybridized carbons (Fsp3) is 0.538. The van der Waals surface area contributed by atoms with E-state index in [1.807, 2.05) is 38.3 Å². The fourth-order valence-corrected chi connectivity index (χ4v) is 2.53. The highest BCUT2D eigenvalue weighted by Crippen LogP contribution is 2.27. The third kappa shape index (κ3) is 5.31. The summed E-state index contributed by atoms with van der Waals surface area (Å²) in [5.74, 6) is -1.23. The molecule has 0 spiro atoms. The zero-order valence-electron chi connectivity index (χ0n) is 10.9. The van der Waals surface area contributed by atoms with E-state index in [1.165, 1.54) is 11.3 Å². The molecule has 0 radical (unpaired) electrons. The Morgan fingerprint density at radius 1 is 1.39 bits per heavy atom. The Kier molecular flexibility index (Phi) is 4.90. The van der Waals surface area contributed by atoms with Gasteiger partial charge in [0.2, 0.25) is 5.91 Å². The van der Waals surface area contributed by atoms with E-state index >= 15 is 0 Å². The zero-order chi connectivity index (χ0) is 13.8. The summed E-state index contributed by atoms with van der Waals surface area (Å²) in [4.78, 5) is 23.6. The summed E-state index contributed by atoms with van der Waals surface area (Å²) in [6, 6.07) is 3.75. The second-order valence-electron chi connectivity index (χ2n) is 5.31. The smallest absolute Gasteiger partial charge is 0.304 e. The minimum Gasteiger partial charge on any atom is -0.481 e. The van der Waals surface area contributed by atoms with Gasteiger partial charge in [0.15, 0.2) is 0 Å². The summed E-state index contributed by atoms with van der Waals surface area (Å²) in [7, 11) is 0. The van der Waals surface area contributed by atoms with Gasteiger partial charge in [0.25, 0.3) is 0 Å². The Bertz CT molecular complexity index is 406. The van der Waals surface area contributed by atoms with Crippen LogP contribution in [0.25, 0.3) is 0 Å². The Morgan fingerprint density at radius 2 is 2.06 bits per heavy atom. The Balaban J connectivity index is 2.68. The van der Waals surface area contributed by atoms with Crippen LogP contribution in [-0.4, -0.2) is 22.5 Å². The van der Waals surface area contributed by atoms with E-state index in [0.717, 1.165) is 4.88 Å². The van der Waals surface area contributed by atoms with Gasteiger partial charge in [-0.05, 0) is 32.2 Å². The molecule has 0 aliphatic heterocycles. The van der Waals surface area contributed by atoms with Gasteiger partial charge in [-0.15, -0.1) is 11.3 Å². The number of carboxylic acid groups (broad SMARTS) is 1. The lowest BCUT2D eigenvalue weighted by atomic mass is 9.98. The van der Waals surface area contributed by atoms with Crippen molar-refractivity contribution in [1.82, 2.24) is 5.32 Å². The van der Waals surface area contributed by atoms with Gasteiger partial charge in [0.05, 0.1) is 6.42 Å². The molecule has 1 rings (SSSR count). The van der Waals surface area contributed by atoms with Gasteiger partial charge in [-0.3, -0.25) is 9.59 Å². The maximum Gasteiger partial charge on any atom is 0.304 e. The molecule has 0 aliphatic carbocycles. The summed E-state index contributed by atoms with van der Waals surface area (Å²) < 4.78 is 0. The molecule has 0 aromatic carbocycles. The molecule has 1 amide bonds. The van der Waals surface area contributed by atoms with Gasteiger partial charge in [-0.2, -0.15) is 0 Å². The van der Waals surface area contributed by atoms with E-state index in [0.29, 0.717) is 0 Å². The number of rotatable bonds is 5. The van der Waals surface area contributed by atoms with E-state index in [-0.39, 0.29) is 30.2 Å². The van der Waals surface area contributed by atoms with Crippen molar-refractivity contribution < 1.29 is 14.7 Å². The highest BCUT2D eigenvalue weighted by molar-refractivity contribution is 7.10. The van der Waals surface area contributed by atoms with Crippen LogP contribution >= 0.6 is 11.3 Å². The summed E-state index contributed by atoms with van der Waals surface area (Å²) in [6.07, 6.45) is 0.197. The first-order valence-corrected chi connectivity index (χ1v) is 6.72. The normalized spacial score (nSPS) is 13.1. The molecule has 0 aliphatic rings. The van der Waals surface area contributed by atoms with Crippen LogP contribution in [-0.2, 0) is 9.59 Å². The number of carboxylic acids is 1. The summed E-state index contributed by atoms with van der Waals surface area (Å²) in [6.45, 7) is 5.72. The van der Waals surface area contributed by atoms with Crippen LogP contribution in [0, 0.1) is 0 Å². The molecule has 0 saturated heterocycles. The molecule has 1 atom stereocenters. The highest BCUT2D eigenvalue weighted by atomic mass is 32.1. The zero-order valence-corrected chi connectivity index (χ0v) is 11.7. The molecule has 100 valence electrons. The first kappa shape index (κ1) is 14.7. The minimum absolute atomic E-state index is 0.0158. The van der Waals surface area contributed by atoms with Crippen molar-refractivity contribution in [3.8, 4) is 0 Å². The number of aliphatic carboxylic acids is 1. The lowest BCUT2D eigenvalue weighted by Gasteiger charge is -2.22. The van der Waals surface area contributed by atoms with Crippen molar-refractivity contribution in [1.29, 1.82) is 0 Å². The number of thiophene rings is 1. The second-order valence-corrected chi connectivity index (χ2v) is 6.29. The van der Waals surface area contributed by atoms with Gasteiger partial charge < -0.3 is 10.4 Å². The van der Waals surface area contributed by atoms with Crippen LogP contribution in [0.15, 0.2) is 17.5 Å². The lowest BCUT2D eigenvalue weighted by Crippen LogP contribution is -2.41. The van der Waals surface area contributed by atoms with Crippen LogP contribution in [0.2, 0.25) is 0 Å². The van der Waals surface area contributed by atoms with Crippen LogP contribution in [0.5, 0.6) is 0 Å². The van der Waals surface area contributed by atoms with Crippen molar-refractivity contribution in [2.45, 2.75) is 45.1 Å². The van der Waals surface area contributed by atoms with E-state index < -0.39 is 5.97 Å². The molecule has 0 saturated carbocycles. The number of hydrogen-bond donors (Lipinski definition) is 2. The largest absolute Gasteiger partial charge is 0.481 e. The average molecular weight is 269 g/mol. The topological polar surface area (TPSA) is 66.4 Å². The van der Waals surface area contributed by atoms with E-state index in [2.05, 4.69) is 5.32 Å². The number of hydrogen-bond acceptors (Lipinski definition) is 3. The molecule has 1 aromatic heterocycles. The molecule has 18 heavy (non-hydrogen) atoms. The fourth-order valence-electron chi connectivity index (χ4n) is 1.70. The van der Waals surface area contributed by atoms with Crippen LogP contribution in [0.4, 0.5) is 0 Å². The standard InChI is InChI=1S/C13H19NO3S/c1-13(2,3)14-11(15)7-9(8-12(16)17)10-5-4-6-18-10/h4-6,9H,7-8H2,1-3H3,(H,14,15)(H,16,17). The molecule has 0 fully saturated rings. The highest BCUT2D eigenvalue weighted by Gasteiger charge is 2.22. The van der Waals surface area contributed by atoms with Gasteiger partial charge in [-0.1, -0.05) is 6.07 Å². The van der Waals surface area contributed by atoms with Gasteiger partial charge in [-0.25, -0.2) is 0 Å². The van der Waals surface area contributed by atoms with Crippen molar-refractivity contribution in [2.24, 2.45) is 0 Å². The van der Waals surface area contributed by atoms with Gasteiger partial charge in [0, 0.05) is 22.8 Å². The van der Waals surface area contributed by atoms with E-state index in [9.17, 15) is 9.59 Å². The van der Waals surface area contributed by atoms with Crippen molar-refractivity contribution in [3.63, 3.8) is 0 Å². The Labute approximate surface area is 111 Å². The molecule has 1 unspecified atom stereocenters. The monoisotopic (exact) mass is 269 g/mol. The van der Waals surface area contributed by atoms with Crippen molar-refractivity contribution in [3.05, 3.63) is 22.4 Å². The number of amides is 1. The molecular weight excluding hydrogens is 250 g/mol. The first-order chi connectivity index (χ1) is 8.28. The summed E-state index contributed by atoms with van der Waals surface area (Å²) >= 11 is 1.49. The molecule has 5 heteroatoms. The molecule has 2 N–H and O–H groups in total. The molecule has 1 heterocycles.